The second-order valence-electron chi connectivity index (χ2n) is 5.30. The predicted molar refractivity (Wildman–Crippen MR) is 76.8 cm³/mol. The molecule has 6 heteroatoms. The van der Waals surface area contributed by atoms with Crippen molar-refractivity contribution >= 4 is 24.0 Å². The van der Waals surface area contributed by atoms with Gasteiger partial charge in [0.1, 0.15) is 5.57 Å². The first kappa shape index (κ1) is 15.8. The summed E-state index contributed by atoms with van der Waals surface area (Å²) in [6, 6.07) is 4.91. The van der Waals surface area contributed by atoms with E-state index in [9.17, 15) is 14.4 Å². The number of benzene rings is 1. The lowest BCUT2D eigenvalue weighted by Crippen LogP contribution is -2.41. The normalized spacial score (nSPS) is 16.6. The molecule has 0 atom stereocenters. The largest absolute Gasteiger partial charge is 0.465 e. The number of hydrogen-bond acceptors (Lipinski definition) is 6. The first-order valence-corrected chi connectivity index (χ1v) is 6.61. The summed E-state index contributed by atoms with van der Waals surface area (Å²) in [6.07, 6.45) is 1.33. The third-order valence-electron chi connectivity index (χ3n) is 3.09. The minimum atomic E-state index is -1.28. The summed E-state index contributed by atoms with van der Waals surface area (Å²) in [5.74, 6) is -3.30. The van der Waals surface area contributed by atoms with Crippen LogP contribution in [-0.2, 0) is 23.8 Å². The fourth-order valence-electron chi connectivity index (χ4n) is 2.00. The van der Waals surface area contributed by atoms with Crippen LogP contribution in [0.2, 0.25) is 0 Å². The number of methoxy groups -OCH3 is 1. The molecule has 1 heterocycles. The number of rotatable bonds is 2. The van der Waals surface area contributed by atoms with Gasteiger partial charge in [0.15, 0.2) is 0 Å². The molecule has 0 unspecified atom stereocenters. The molecule has 6 nitrogen and oxygen atoms in total. The second-order valence-corrected chi connectivity index (χ2v) is 5.30. The van der Waals surface area contributed by atoms with Gasteiger partial charge < -0.3 is 14.2 Å². The smallest absolute Gasteiger partial charge is 0.348 e. The van der Waals surface area contributed by atoms with Gasteiger partial charge >= 0.3 is 17.9 Å². The van der Waals surface area contributed by atoms with Crippen LogP contribution in [0.5, 0.6) is 0 Å². The molecule has 22 heavy (non-hydrogen) atoms. The first-order valence-electron chi connectivity index (χ1n) is 6.61. The van der Waals surface area contributed by atoms with E-state index >= 15 is 0 Å². The number of carbonyl (C=O) groups is 3. The summed E-state index contributed by atoms with van der Waals surface area (Å²) in [5, 5.41) is 0. The second kappa shape index (κ2) is 5.63. The van der Waals surface area contributed by atoms with E-state index in [2.05, 4.69) is 4.74 Å². The molecule has 0 aliphatic carbocycles. The van der Waals surface area contributed by atoms with Crippen molar-refractivity contribution < 1.29 is 28.6 Å². The van der Waals surface area contributed by atoms with Gasteiger partial charge in [0, 0.05) is 13.8 Å². The average molecular weight is 304 g/mol. The number of esters is 3. The number of aryl methyl sites for hydroxylation is 1. The molecule has 1 aromatic rings. The molecule has 0 spiro atoms. The maximum absolute atomic E-state index is 11.9. The highest BCUT2D eigenvalue weighted by Crippen LogP contribution is 2.24. The van der Waals surface area contributed by atoms with E-state index < -0.39 is 23.7 Å². The molecule has 0 N–H and O–H groups in total. The van der Waals surface area contributed by atoms with Gasteiger partial charge in [-0.05, 0) is 30.2 Å². The third kappa shape index (κ3) is 3.16. The van der Waals surface area contributed by atoms with Crippen LogP contribution >= 0.6 is 0 Å². The minimum Gasteiger partial charge on any atom is -0.465 e. The Labute approximate surface area is 127 Å². The van der Waals surface area contributed by atoms with Crippen LogP contribution < -0.4 is 0 Å². The quantitative estimate of drug-likeness (QED) is 0.472. The zero-order valence-corrected chi connectivity index (χ0v) is 12.8. The number of cyclic esters (lactones) is 2. The lowest BCUT2D eigenvalue weighted by atomic mass is 10.0. The molecule has 0 aromatic heterocycles. The molecule has 1 fully saturated rings. The molecule has 1 aliphatic heterocycles. The van der Waals surface area contributed by atoms with E-state index in [0.29, 0.717) is 11.1 Å². The van der Waals surface area contributed by atoms with Crippen LogP contribution in [0.25, 0.3) is 6.08 Å². The maximum atomic E-state index is 11.9. The van der Waals surface area contributed by atoms with Gasteiger partial charge in [-0.2, -0.15) is 0 Å². The van der Waals surface area contributed by atoms with Gasteiger partial charge in [-0.15, -0.1) is 0 Å². The highest BCUT2D eigenvalue weighted by molar-refractivity contribution is 6.18. The zero-order valence-electron chi connectivity index (χ0n) is 12.8. The summed E-state index contributed by atoms with van der Waals surface area (Å²) in [4.78, 5) is 35.4. The Kier molecular flexibility index (Phi) is 4.03. The summed E-state index contributed by atoms with van der Waals surface area (Å²) < 4.78 is 14.7. The standard InChI is InChI=1S/C16H16O6/c1-9-5-6-10(7-11(9)13(17)20-4)8-12-14(18)21-16(2,3)22-15(12)19/h5-8H,1-4H3. The molecule has 1 saturated heterocycles. The van der Waals surface area contributed by atoms with Crippen molar-refractivity contribution in [2.45, 2.75) is 26.6 Å². The zero-order chi connectivity index (χ0) is 16.5. The van der Waals surface area contributed by atoms with Crippen LogP contribution in [0, 0.1) is 6.92 Å². The number of hydrogen-bond donors (Lipinski definition) is 0. The third-order valence-corrected chi connectivity index (χ3v) is 3.09. The van der Waals surface area contributed by atoms with Crippen molar-refractivity contribution in [3.63, 3.8) is 0 Å². The summed E-state index contributed by atoms with van der Waals surface area (Å²) in [5.41, 5.74) is 1.35. The molecule has 0 radical (unpaired) electrons. The van der Waals surface area contributed by atoms with Crippen molar-refractivity contribution in [1.29, 1.82) is 0 Å². The van der Waals surface area contributed by atoms with Gasteiger partial charge in [-0.25, -0.2) is 14.4 Å². The van der Waals surface area contributed by atoms with Gasteiger partial charge in [-0.1, -0.05) is 12.1 Å². The molecule has 0 bridgehead atoms. The van der Waals surface area contributed by atoms with E-state index in [-0.39, 0.29) is 5.57 Å². The lowest BCUT2D eigenvalue weighted by Gasteiger charge is -2.29. The fraction of sp³-hybridized carbons (Fsp3) is 0.312. The number of ether oxygens (including phenoxy) is 3. The highest BCUT2D eigenvalue weighted by Gasteiger charge is 2.38. The summed E-state index contributed by atoms with van der Waals surface area (Å²) in [6.45, 7) is 4.70. The van der Waals surface area contributed by atoms with Gasteiger partial charge in [0.05, 0.1) is 12.7 Å². The summed E-state index contributed by atoms with van der Waals surface area (Å²) >= 11 is 0. The van der Waals surface area contributed by atoms with Crippen molar-refractivity contribution in [1.82, 2.24) is 0 Å². The van der Waals surface area contributed by atoms with Crippen LogP contribution in [0.3, 0.4) is 0 Å². The SMILES string of the molecule is COC(=O)c1cc(C=C2C(=O)OC(C)(C)OC2=O)ccc1C. The molecule has 0 saturated carbocycles. The van der Waals surface area contributed by atoms with E-state index in [1.54, 1.807) is 19.1 Å². The van der Waals surface area contributed by atoms with E-state index in [1.165, 1.54) is 33.1 Å². The molecule has 2 rings (SSSR count). The van der Waals surface area contributed by atoms with E-state index in [1.807, 2.05) is 0 Å². The van der Waals surface area contributed by atoms with Crippen molar-refractivity contribution in [2.24, 2.45) is 0 Å². The van der Waals surface area contributed by atoms with Crippen molar-refractivity contribution in [3.05, 3.63) is 40.5 Å². The van der Waals surface area contributed by atoms with Crippen LogP contribution in [0.15, 0.2) is 23.8 Å². The molecular formula is C16H16O6. The van der Waals surface area contributed by atoms with E-state index in [0.717, 1.165) is 5.56 Å². The van der Waals surface area contributed by atoms with Crippen LogP contribution in [0.1, 0.15) is 35.3 Å². The predicted octanol–water partition coefficient (Wildman–Crippen LogP) is 2.00. The Morgan fingerprint density at radius 3 is 2.32 bits per heavy atom. The lowest BCUT2D eigenvalue weighted by molar-refractivity contribution is -0.222. The molecule has 116 valence electrons. The molecular weight excluding hydrogens is 288 g/mol. The monoisotopic (exact) mass is 304 g/mol. The van der Waals surface area contributed by atoms with Gasteiger partial charge in [0.2, 0.25) is 0 Å². The topological polar surface area (TPSA) is 78.9 Å². The molecule has 1 aromatic carbocycles. The molecule has 0 amide bonds. The van der Waals surface area contributed by atoms with Crippen molar-refractivity contribution in [2.75, 3.05) is 7.11 Å². The Balaban J connectivity index is 2.39. The first-order chi connectivity index (χ1) is 10.2. The van der Waals surface area contributed by atoms with E-state index in [4.69, 9.17) is 9.47 Å². The van der Waals surface area contributed by atoms with Crippen LogP contribution in [-0.4, -0.2) is 30.8 Å². The Morgan fingerprint density at radius 2 is 1.77 bits per heavy atom. The Morgan fingerprint density at radius 1 is 1.18 bits per heavy atom. The van der Waals surface area contributed by atoms with Gasteiger partial charge in [-0.3, -0.25) is 0 Å². The number of carbonyl (C=O) groups excluding carboxylic acids is 3. The van der Waals surface area contributed by atoms with Gasteiger partial charge in [0.25, 0.3) is 5.79 Å². The fourth-order valence-corrected chi connectivity index (χ4v) is 2.00. The minimum absolute atomic E-state index is 0.223. The molecule has 1 aliphatic rings. The highest BCUT2D eigenvalue weighted by atomic mass is 16.7. The Bertz CT molecular complexity index is 662. The van der Waals surface area contributed by atoms with Crippen molar-refractivity contribution in [3.8, 4) is 0 Å². The summed E-state index contributed by atoms with van der Waals surface area (Å²) in [7, 11) is 1.28. The average Bonchev–Trinajstić information content (AvgIpc) is 2.42. The van der Waals surface area contributed by atoms with Crippen LogP contribution in [0.4, 0.5) is 0 Å². The maximum Gasteiger partial charge on any atom is 0.348 e. The Hall–Kier alpha value is -2.63.